The molecule has 0 radical (unpaired) electrons. The molecule has 1 atom stereocenters. The summed E-state index contributed by atoms with van der Waals surface area (Å²) in [5.41, 5.74) is 4.48. The highest BCUT2D eigenvalue weighted by molar-refractivity contribution is 6.35. The minimum Gasteiger partial charge on any atom is -0.425 e. The minimum absolute atomic E-state index is 0.315. The first kappa shape index (κ1) is 16.1. The number of carbonyl (C=O) groups excluding carboxylic acids is 1. The van der Waals surface area contributed by atoms with Gasteiger partial charge >= 0.3 is 5.97 Å². The first-order valence-electron chi connectivity index (χ1n) is 8.10. The SMILES string of the molecule is CC(=O)OC1=C2\CCCC2C\C(C)=C/C(c2ccccc2)=C\1Cl. The van der Waals surface area contributed by atoms with Gasteiger partial charge in [0.15, 0.2) is 0 Å². The molecule has 0 heterocycles. The lowest BCUT2D eigenvalue weighted by Gasteiger charge is -2.22. The Morgan fingerprint density at radius 2 is 2.00 bits per heavy atom. The molecule has 3 rings (SSSR count). The summed E-state index contributed by atoms with van der Waals surface area (Å²) in [6, 6.07) is 10.0. The number of esters is 1. The van der Waals surface area contributed by atoms with Crippen molar-refractivity contribution in [2.75, 3.05) is 0 Å². The average molecular weight is 329 g/mol. The highest BCUT2D eigenvalue weighted by atomic mass is 35.5. The van der Waals surface area contributed by atoms with Gasteiger partial charge in [0.05, 0.1) is 5.03 Å². The quantitative estimate of drug-likeness (QED) is 0.660. The van der Waals surface area contributed by atoms with E-state index in [9.17, 15) is 4.79 Å². The van der Waals surface area contributed by atoms with Crippen LogP contribution in [0.15, 0.2) is 58.3 Å². The molecule has 120 valence electrons. The molecule has 0 N–H and O–H groups in total. The second-order valence-electron chi connectivity index (χ2n) is 6.33. The fourth-order valence-corrected chi connectivity index (χ4v) is 3.87. The van der Waals surface area contributed by atoms with Gasteiger partial charge < -0.3 is 4.74 Å². The lowest BCUT2D eigenvalue weighted by molar-refractivity contribution is -0.136. The third-order valence-corrected chi connectivity index (χ3v) is 4.88. The summed E-state index contributed by atoms with van der Waals surface area (Å²) in [7, 11) is 0. The van der Waals surface area contributed by atoms with E-state index >= 15 is 0 Å². The number of benzene rings is 1. The molecule has 1 fully saturated rings. The maximum absolute atomic E-state index is 11.6. The zero-order valence-electron chi connectivity index (χ0n) is 13.6. The van der Waals surface area contributed by atoms with Crippen molar-refractivity contribution in [1.29, 1.82) is 0 Å². The van der Waals surface area contributed by atoms with E-state index in [0.717, 1.165) is 36.8 Å². The third kappa shape index (κ3) is 3.42. The van der Waals surface area contributed by atoms with Crippen LogP contribution in [0.3, 0.4) is 0 Å². The van der Waals surface area contributed by atoms with Gasteiger partial charge in [-0.25, -0.2) is 0 Å². The summed E-state index contributed by atoms with van der Waals surface area (Å²) in [6.45, 7) is 3.59. The van der Waals surface area contributed by atoms with E-state index in [1.54, 1.807) is 0 Å². The molecular formula is C20H21ClO2. The van der Waals surface area contributed by atoms with Crippen molar-refractivity contribution >= 4 is 23.1 Å². The molecule has 23 heavy (non-hydrogen) atoms. The highest BCUT2D eigenvalue weighted by Gasteiger charge is 2.30. The summed E-state index contributed by atoms with van der Waals surface area (Å²) in [5.74, 6) is 0.709. The molecule has 0 bridgehead atoms. The molecule has 0 saturated heterocycles. The van der Waals surface area contributed by atoms with Crippen LogP contribution in [0.1, 0.15) is 45.1 Å². The molecule has 2 aliphatic rings. The molecule has 2 nitrogen and oxygen atoms in total. The molecule has 0 amide bonds. The fraction of sp³-hybridized carbons (Fsp3) is 0.350. The van der Waals surface area contributed by atoms with Gasteiger partial charge in [-0.3, -0.25) is 4.79 Å². The van der Waals surface area contributed by atoms with Crippen LogP contribution in [0.5, 0.6) is 0 Å². The Hall–Kier alpha value is -1.80. The van der Waals surface area contributed by atoms with Crippen LogP contribution in [-0.2, 0) is 9.53 Å². The minimum atomic E-state index is -0.315. The lowest BCUT2D eigenvalue weighted by Crippen LogP contribution is -2.10. The number of halogens is 1. The number of fused-ring (bicyclic) bond motifs is 1. The number of carbonyl (C=O) groups is 1. The van der Waals surface area contributed by atoms with Gasteiger partial charge in [0.2, 0.25) is 0 Å². The molecule has 1 saturated carbocycles. The van der Waals surface area contributed by atoms with Crippen molar-refractivity contribution in [3.63, 3.8) is 0 Å². The van der Waals surface area contributed by atoms with Crippen LogP contribution < -0.4 is 0 Å². The molecule has 3 heteroatoms. The van der Waals surface area contributed by atoms with Crippen molar-refractivity contribution in [3.05, 3.63) is 63.9 Å². The Bertz CT molecular complexity index is 710. The largest absolute Gasteiger partial charge is 0.425 e. The number of hydrogen-bond donors (Lipinski definition) is 0. The second-order valence-corrected chi connectivity index (χ2v) is 6.70. The zero-order chi connectivity index (χ0) is 16.4. The smallest absolute Gasteiger partial charge is 0.308 e. The van der Waals surface area contributed by atoms with Crippen molar-refractivity contribution in [2.24, 2.45) is 5.92 Å². The summed E-state index contributed by atoms with van der Waals surface area (Å²) in [4.78, 5) is 11.6. The first-order chi connectivity index (χ1) is 11.1. The van der Waals surface area contributed by atoms with Gasteiger partial charge in [-0.15, -0.1) is 0 Å². The standard InChI is InChI=1S/C20H21ClO2/c1-13-11-16-9-6-10-17(16)20(23-14(2)22)19(21)18(12-13)15-7-4-3-5-8-15/h3-5,7-8,12,16H,6,9-11H2,1-2H3/b13-12-,19-18-,20-17+. The van der Waals surface area contributed by atoms with Gasteiger partial charge in [-0.1, -0.05) is 53.6 Å². The maximum Gasteiger partial charge on any atom is 0.308 e. The van der Waals surface area contributed by atoms with Crippen LogP contribution in [0.25, 0.3) is 5.57 Å². The van der Waals surface area contributed by atoms with Crippen molar-refractivity contribution in [1.82, 2.24) is 0 Å². The molecule has 2 aliphatic carbocycles. The Morgan fingerprint density at radius 3 is 2.70 bits per heavy atom. The van der Waals surface area contributed by atoms with E-state index in [0.29, 0.717) is 16.7 Å². The topological polar surface area (TPSA) is 26.3 Å². The molecule has 0 aliphatic heterocycles. The van der Waals surface area contributed by atoms with E-state index < -0.39 is 0 Å². The van der Waals surface area contributed by atoms with Crippen LogP contribution in [0.4, 0.5) is 0 Å². The van der Waals surface area contributed by atoms with Gasteiger partial charge in [-0.2, -0.15) is 0 Å². The van der Waals surface area contributed by atoms with Gasteiger partial charge in [0, 0.05) is 12.5 Å². The summed E-state index contributed by atoms with van der Waals surface area (Å²) < 4.78 is 5.56. The molecule has 0 aromatic heterocycles. The third-order valence-electron chi connectivity index (χ3n) is 4.51. The van der Waals surface area contributed by atoms with Crippen LogP contribution >= 0.6 is 11.6 Å². The van der Waals surface area contributed by atoms with Crippen LogP contribution in [0, 0.1) is 5.92 Å². The predicted molar refractivity (Wildman–Crippen MR) is 93.7 cm³/mol. The Kier molecular flexibility index (Phi) is 4.72. The van der Waals surface area contributed by atoms with Crippen LogP contribution in [0.2, 0.25) is 0 Å². The molecule has 1 unspecified atom stereocenters. The number of hydrogen-bond acceptors (Lipinski definition) is 2. The summed E-state index contributed by atoms with van der Waals surface area (Å²) >= 11 is 6.74. The Balaban J connectivity index is 2.20. The molecule has 1 aromatic carbocycles. The number of allylic oxidation sites excluding steroid dienone is 5. The number of rotatable bonds is 2. The number of ether oxygens (including phenoxy) is 1. The summed E-state index contributed by atoms with van der Waals surface area (Å²) in [6.07, 6.45) is 6.36. The molecular weight excluding hydrogens is 308 g/mol. The van der Waals surface area contributed by atoms with Gasteiger partial charge in [0.1, 0.15) is 5.76 Å². The Labute approximate surface area is 142 Å². The van der Waals surface area contributed by atoms with Crippen molar-refractivity contribution in [2.45, 2.75) is 39.5 Å². The van der Waals surface area contributed by atoms with E-state index in [-0.39, 0.29) is 5.97 Å². The van der Waals surface area contributed by atoms with E-state index in [2.05, 4.69) is 13.0 Å². The molecule has 1 aromatic rings. The monoisotopic (exact) mass is 328 g/mol. The summed E-state index contributed by atoms with van der Waals surface area (Å²) in [5, 5.41) is 0.548. The van der Waals surface area contributed by atoms with E-state index in [1.165, 1.54) is 18.1 Å². The maximum atomic E-state index is 11.6. The van der Waals surface area contributed by atoms with Gasteiger partial charge in [0.25, 0.3) is 0 Å². The lowest BCUT2D eigenvalue weighted by atomic mass is 9.89. The van der Waals surface area contributed by atoms with E-state index in [4.69, 9.17) is 16.3 Å². The predicted octanol–water partition coefficient (Wildman–Crippen LogP) is 5.60. The fourth-order valence-electron chi connectivity index (χ4n) is 3.54. The zero-order valence-corrected chi connectivity index (χ0v) is 14.3. The van der Waals surface area contributed by atoms with Crippen molar-refractivity contribution < 1.29 is 9.53 Å². The highest BCUT2D eigenvalue weighted by Crippen LogP contribution is 2.44. The van der Waals surface area contributed by atoms with Gasteiger partial charge in [-0.05, 0) is 49.7 Å². The molecule has 0 spiro atoms. The second kappa shape index (κ2) is 6.76. The van der Waals surface area contributed by atoms with Crippen molar-refractivity contribution in [3.8, 4) is 0 Å². The first-order valence-corrected chi connectivity index (χ1v) is 8.48. The normalized spacial score (nSPS) is 30.0. The van der Waals surface area contributed by atoms with Crippen LogP contribution in [-0.4, -0.2) is 5.97 Å². The average Bonchev–Trinajstić information content (AvgIpc) is 2.97. The Morgan fingerprint density at radius 1 is 1.26 bits per heavy atom. The van der Waals surface area contributed by atoms with E-state index in [1.807, 2.05) is 30.3 Å².